The lowest BCUT2D eigenvalue weighted by atomic mass is 9.81. The van der Waals surface area contributed by atoms with Gasteiger partial charge in [-0.25, -0.2) is 4.79 Å². The van der Waals surface area contributed by atoms with Crippen molar-refractivity contribution in [2.75, 3.05) is 11.9 Å². The first-order chi connectivity index (χ1) is 13.4. The van der Waals surface area contributed by atoms with Gasteiger partial charge in [0.05, 0.1) is 18.0 Å². The fourth-order valence-corrected chi connectivity index (χ4v) is 3.74. The largest absolute Gasteiger partial charge is 0.465 e. The Morgan fingerprint density at radius 1 is 1.43 bits per heavy atom. The number of aromatic nitrogens is 2. The number of piperidine rings is 1. The molecule has 0 bridgehead atoms. The van der Waals surface area contributed by atoms with Crippen molar-refractivity contribution in [3.8, 4) is 6.07 Å². The van der Waals surface area contributed by atoms with Crippen LogP contribution in [0, 0.1) is 11.3 Å². The highest BCUT2D eigenvalue weighted by atomic mass is 16.4. The van der Waals surface area contributed by atoms with Crippen molar-refractivity contribution in [3.05, 3.63) is 42.1 Å². The number of nitriles is 1. The van der Waals surface area contributed by atoms with E-state index in [4.69, 9.17) is 5.73 Å². The summed E-state index contributed by atoms with van der Waals surface area (Å²) in [4.78, 5) is 24.7. The van der Waals surface area contributed by atoms with Gasteiger partial charge in [0.2, 0.25) is 0 Å². The van der Waals surface area contributed by atoms with Crippen molar-refractivity contribution in [3.63, 3.8) is 0 Å². The SMILES string of the molecule is C[C@@H]1C[C@@](CC#N)(n2cc(C(N)=O)c(Nc3ccccc3)n2)CCN1C(=O)O. The van der Waals surface area contributed by atoms with Gasteiger partial charge in [-0.05, 0) is 31.9 Å². The maximum atomic E-state index is 12.0. The van der Waals surface area contributed by atoms with E-state index in [1.165, 1.54) is 4.90 Å². The number of hydrogen-bond acceptors (Lipinski definition) is 5. The lowest BCUT2D eigenvalue weighted by Crippen LogP contribution is -2.52. The predicted molar refractivity (Wildman–Crippen MR) is 102 cm³/mol. The van der Waals surface area contributed by atoms with E-state index in [0.29, 0.717) is 18.7 Å². The molecule has 2 aromatic rings. The molecule has 9 heteroatoms. The van der Waals surface area contributed by atoms with E-state index in [-0.39, 0.29) is 24.6 Å². The number of para-hydroxylation sites is 1. The topological polar surface area (TPSA) is 137 Å². The van der Waals surface area contributed by atoms with E-state index in [1.54, 1.807) is 17.8 Å². The number of rotatable bonds is 5. The number of primary amides is 1. The Balaban J connectivity index is 1.98. The van der Waals surface area contributed by atoms with Gasteiger partial charge in [-0.1, -0.05) is 18.2 Å². The molecule has 1 aromatic carbocycles. The molecule has 0 saturated carbocycles. The monoisotopic (exact) mass is 382 g/mol. The minimum Gasteiger partial charge on any atom is -0.465 e. The van der Waals surface area contributed by atoms with Crippen LogP contribution in [0.25, 0.3) is 0 Å². The van der Waals surface area contributed by atoms with Crippen molar-refractivity contribution < 1.29 is 14.7 Å². The molecule has 2 atom stereocenters. The summed E-state index contributed by atoms with van der Waals surface area (Å²) < 4.78 is 1.61. The molecule has 3 rings (SSSR count). The predicted octanol–water partition coefficient (Wildman–Crippen LogP) is 2.50. The van der Waals surface area contributed by atoms with Gasteiger partial charge in [0.1, 0.15) is 5.56 Å². The van der Waals surface area contributed by atoms with Gasteiger partial charge in [0.25, 0.3) is 5.91 Å². The second-order valence-electron chi connectivity index (χ2n) is 7.03. The summed E-state index contributed by atoms with van der Waals surface area (Å²) in [5.41, 5.74) is 5.79. The van der Waals surface area contributed by atoms with Gasteiger partial charge in [-0.2, -0.15) is 10.4 Å². The summed E-state index contributed by atoms with van der Waals surface area (Å²) in [5, 5.41) is 26.4. The van der Waals surface area contributed by atoms with Crippen molar-refractivity contribution in [2.45, 2.75) is 37.8 Å². The zero-order valence-corrected chi connectivity index (χ0v) is 15.5. The van der Waals surface area contributed by atoms with Crippen LogP contribution in [-0.4, -0.2) is 44.4 Å². The van der Waals surface area contributed by atoms with Crippen LogP contribution in [0.3, 0.4) is 0 Å². The van der Waals surface area contributed by atoms with E-state index in [0.717, 1.165) is 5.69 Å². The smallest absolute Gasteiger partial charge is 0.407 e. The molecule has 1 aromatic heterocycles. The molecular formula is C19H22N6O3. The summed E-state index contributed by atoms with van der Waals surface area (Å²) >= 11 is 0. The summed E-state index contributed by atoms with van der Waals surface area (Å²) in [7, 11) is 0. The van der Waals surface area contributed by atoms with E-state index < -0.39 is 17.5 Å². The van der Waals surface area contributed by atoms with Gasteiger partial charge < -0.3 is 21.1 Å². The van der Waals surface area contributed by atoms with E-state index in [9.17, 15) is 20.0 Å². The Morgan fingerprint density at radius 3 is 2.71 bits per heavy atom. The number of nitrogens with one attached hydrogen (secondary N) is 1. The third kappa shape index (κ3) is 3.62. The molecule has 1 saturated heterocycles. The molecule has 1 fully saturated rings. The average molecular weight is 382 g/mol. The first-order valence-electron chi connectivity index (χ1n) is 8.95. The zero-order valence-electron chi connectivity index (χ0n) is 15.5. The Kier molecular flexibility index (Phi) is 5.22. The van der Waals surface area contributed by atoms with Crippen LogP contribution < -0.4 is 11.1 Å². The zero-order chi connectivity index (χ0) is 20.3. The fraction of sp³-hybridized carbons (Fsp3) is 0.368. The van der Waals surface area contributed by atoms with Crippen LogP contribution in [0.4, 0.5) is 16.3 Å². The summed E-state index contributed by atoms with van der Waals surface area (Å²) in [6, 6.07) is 11.1. The Labute approximate surface area is 162 Å². The number of carbonyl (C=O) groups is 2. The van der Waals surface area contributed by atoms with Gasteiger partial charge in [-0.3, -0.25) is 9.48 Å². The molecule has 9 nitrogen and oxygen atoms in total. The van der Waals surface area contributed by atoms with E-state index in [2.05, 4.69) is 16.5 Å². The maximum absolute atomic E-state index is 12.0. The minimum atomic E-state index is -0.984. The number of benzene rings is 1. The first kappa shape index (κ1) is 19.2. The van der Waals surface area contributed by atoms with E-state index in [1.807, 2.05) is 30.3 Å². The molecule has 1 aliphatic rings. The summed E-state index contributed by atoms with van der Waals surface area (Å²) in [5.74, 6) is -0.322. The first-order valence-corrected chi connectivity index (χ1v) is 8.95. The van der Waals surface area contributed by atoms with Crippen LogP contribution in [0.1, 0.15) is 36.5 Å². The Bertz CT molecular complexity index is 919. The number of carboxylic acid groups (broad SMARTS) is 1. The second kappa shape index (κ2) is 7.60. The standard InChI is InChI=1S/C19H22N6O3/c1-13-11-19(7-9-20,8-10-24(13)18(27)28)25-12-15(16(21)26)17(23-25)22-14-5-3-2-4-6-14/h2-6,12-13H,7-8,10-11H2,1H3,(H2,21,26)(H,22,23)(H,27,28)/t13-,19+/m1/s1. The van der Waals surface area contributed by atoms with Crippen molar-refractivity contribution >= 4 is 23.5 Å². The lowest BCUT2D eigenvalue weighted by molar-refractivity contribution is 0.0563. The number of hydrogen-bond donors (Lipinski definition) is 3. The van der Waals surface area contributed by atoms with Crippen molar-refractivity contribution in [1.29, 1.82) is 5.26 Å². The maximum Gasteiger partial charge on any atom is 0.407 e. The highest BCUT2D eigenvalue weighted by Gasteiger charge is 2.42. The molecule has 0 spiro atoms. The van der Waals surface area contributed by atoms with Crippen molar-refractivity contribution in [1.82, 2.24) is 14.7 Å². The average Bonchev–Trinajstić information content (AvgIpc) is 3.07. The van der Waals surface area contributed by atoms with Gasteiger partial charge in [-0.15, -0.1) is 0 Å². The molecule has 0 unspecified atom stereocenters. The van der Waals surface area contributed by atoms with E-state index >= 15 is 0 Å². The molecule has 0 aliphatic carbocycles. The normalized spacial score (nSPS) is 21.7. The number of carbonyl (C=O) groups excluding carboxylic acids is 1. The van der Waals surface area contributed by atoms with Crippen LogP contribution in [-0.2, 0) is 5.54 Å². The van der Waals surface area contributed by atoms with Gasteiger partial charge >= 0.3 is 6.09 Å². The minimum absolute atomic E-state index is 0.148. The number of likely N-dealkylation sites (tertiary alicyclic amines) is 1. The summed E-state index contributed by atoms with van der Waals surface area (Å²) in [6.45, 7) is 2.09. The molecule has 4 N–H and O–H groups in total. The molecular weight excluding hydrogens is 360 g/mol. The number of nitrogens with zero attached hydrogens (tertiary/aromatic N) is 4. The van der Waals surface area contributed by atoms with Crippen molar-refractivity contribution in [2.24, 2.45) is 5.73 Å². The summed E-state index contributed by atoms with van der Waals surface area (Å²) in [6.07, 6.45) is 1.55. The van der Waals surface area contributed by atoms with Crippen LogP contribution in [0.2, 0.25) is 0 Å². The highest BCUT2D eigenvalue weighted by molar-refractivity contribution is 5.98. The number of amides is 2. The second-order valence-corrected chi connectivity index (χ2v) is 7.03. The molecule has 28 heavy (non-hydrogen) atoms. The van der Waals surface area contributed by atoms with Crippen LogP contribution >= 0.6 is 0 Å². The molecule has 2 heterocycles. The lowest BCUT2D eigenvalue weighted by Gasteiger charge is -2.43. The fourth-order valence-electron chi connectivity index (χ4n) is 3.74. The Hall–Kier alpha value is -3.54. The van der Waals surface area contributed by atoms with Gasteiger partial charge in [0.15, 0.2) is 5.82 Å². The van der Waals surface area contributed by atoms with Crippen LogP contribution in [0.15, 0.2) is 36.5 Å². The molecule has 0 radical (unpaired) electrons. The molecule has 1 aliphatic heterocycles. The number of anilines is 2. The highest BCUT2D eigenvalue weighted by Crippen LogP contribution is 2.37. The third-order valence-electron chi connectivity index (χ3n) is 5.18. The molecule has 2 amide bonds. The van der Waals surface area contributed by atoms with Crippen LogP contribution in [0.5, 0.6) is 0 Å². The van der Waals surface area contributed by atoms with Gasteiger partial charge in [0, 0.05) is 24.5 Å². The Morgan fingerprint density at radius 2 is 2.14 bits per heavy atom. The molecule has 146 valence electrons. The quantitative estimate of drug-likeness (QED) is 0.726. The third-order valence-corrected chi connectivity index (χ3v) is 5.18. The number of nitrogens with two attached hydrogens (primary N) is 1.